The standard InChI is InChI=1S/C19H21N5/c1-14-20-10-9-17(22-14)18-8-5-11-24(18)13-16-12-21-23-19(16)15-6-3-2-4-7-15/h2-4,6-7,9-10,12,18H,5,8,11,13H2,1H3,(H,21,23)/t18-/m1/s1. The van der Waals surface area contributed by atoms with Crippen molar-refractivity contribution in [1.82, 2.24) is 25.1 Å². The van der Waals surface area contributed by atoms with E-state index in [0.29, 0.717) is 6.04 Å². The van der Waals surface area contributed by atoms with E-state index in [2.05, 4.69) is 49.3 Å². The van der Waals surface area contributed by atoms with Crippen LogP contribution in [-0.4, -0.2) is 31.6 Å². The van der Waals surface area contributed by atoms with E-state index in [-0.39, 0.29) is 0 Å². The summed E-state index contributed by atoms with van der Waals surface area (Å²) in [5.41, 5.74) is 4.65. The van der Waals surface area contributed by atoms with Crippen molar-refractivity contribution in [3.05, 3.63) is 65.9 Å². The monoisotopic (exact) mass is 319 g/mol. The van der Waals surface area contributed by atoms with Crippen molar-refractivity contribution < 1.29 is 0 Å². The zero-order valence-electron chi connectivity index (χ0n) is 13.8. The van der Waals surface area contributed by atoms with E-state index in [1.807, 2.05) is 31.5 Å². The van der Waals surface area contributed by atoms with Crippen molar-refractivity contribution in [2.75, 3.05) is 6.54 Å². The molecular formula is C19H21N5. The Kier molecular flexibility index (Phi) is 4.09. The quantitative estimate of drug-likeness (QED) is 0.799. The van der Waals surface area contributed by atoms with Crippen LogP contribution in [0.5, 0.6) is 0 Å². The summed E-state index contributed by atoms with van der Waals surface area (Å²) in [7, 11) is 0. The molecule has 1 saturated heterocycles. The maximum absolute atomic E-state index is 4.64. The fourth-order valence-corrected chi connectivity index (χ4v) is 3.51. The first-order valence-corrected chi connectivity index (χ1v) is 8.42. The van der Waals surface area contributed by atoms with E-state index >= 15 is 0 Å². The molecule has 1 fully saturated rings. The molecule has 0 amide bonds. The molecule has 3 heterocycles. The van der Waals surface area contributed by atoms with Gasteiger partial charge in [-0.25, -0.2) is 9.97 Å². The minimum Gasteiger partial charge on any atom is -0.290 e. The number of likely N-dealkylation sites (tertiary alicyclic amines) is 1. The minimum absolute atomic E-state index is 0.366. The van der Waals surface area contributed by atoms with Gasteiger partial charge in [-0.15, -0.1) is 0 Å². The molecule has 2 aromatic heterocycles. The van der Waals surface area contributed by atoms with Gasteiger partial charge in [0.15, 0.2) is 0 Å². The third-order valence-electron chi connectivity index (χ3n) is 4.66. The summed E-state index contributed by atoms with van der Waals surface area (Å²) in [6, 6.07) is 12.8. The zero-order valence-corrected chi connectivity index (χ0v) is 13.8. The van der Waals surface area contributed by atoms with Gasteiger partial charge in [-0.1, -0.05) is 30.3 Å². The van der Waals surface area contributed by atoms with E-state index in [4.69, 9.17) is 0 Å². The van der Waals surface area contributed by atoms with Crippen LogP contribution in [0.2, 0.25) is 0 Å². The van der Waals surface area contributed by atoms with Gasteiger partial charge in [-0.3, -0.25) is 10.00 Å². The average Bonchev–Trinajstić information content (AvgIpc) is 3.25. The highest BCUT2D eigenvalue weighted by Gasteiger charge is 2.28. The van der Waals surface area contributed by atoms with Gasteiger partial charge in [0, 0.05) is 18.3 Å². The van der Waals surface area contributed by atoms with Gasteiger partial charge in [0.2, 0.25) is 0 Å². The molecule has 0 saturated carbocycles. The number of hydrogen-bond donors (Lipinski definition) is 1. The number of rotatable bonds is 4. The lowest BCUT2D eigenvalue weighted by Crippen LogP contribution is -2.23. The number of nitrogens with zero attached hydrogens (tertiary/aromatic N) is 4. The largest absolute Gasteiger partial charge is 0.290 e. The molecule has 5 nitrogen and oxygen atoms in total. The summed E-state index contributed by atoms with van der Waals surface area (Å²) in [6.07, 6.45) is 6.16. The first-order chi connectivity index (χ1) is 11.8. The van der Waals surface area contributed by atoms with Crippen molar-refractivity contribution in [1.29, 1.82) is 0 Å². The molecule has 0 unspecified atom stereocenters. The normalized spacial score (nSPS) is 18.1. The van der Waals surface area contributed by atoms with Crippen LogP contribution < -0.4 is 0 Å². The van der Waals surface area contributed by atoms with Crippen molar-refractivity contribution >= 4 is 0 Å². The summed E-state index contributed by atoms with van der Waals surface area (Å²) >= 11 is 0. The van der Waals surface area contributed by atoms with Gasteiger partial charge in [0.1, 0.15) is 5.82 Å². The molecule has 0 spiro atoms. The topological polar surface area (TPSA) is 57.7 Å². The molecule has 24 heavy (non-hydrogen) atoms. The highest BCUT2D eigenvalue weighted by molar-refractivity contribution is 5.62. The average molecular weight is 319 g/mol. The van der Waals surface area contributed by atoms with E-state index < -0.39 is 0 Å². The smallest absolute Gasteiger partial charge is 0.125 e. The second-order valence-electron chi connectivity index (χ2n) is 6.29. The number of aromatic nitrogens is 4. The second kappa shape index (κ2) is 6.53. The molecule has 1 N–H and O–H groups in total. The number of H-pyrrole nitrogens is 1. The van der Waals surface area contributed by atoms with Crippen LogP contribution in [0, 0.1) is 6.92 Å². The molecule has 0 bridgehead atoms. The molecule has 0 aliphatic carbocycles. The Balaban J connectivity index is 1.58. The van der Waals surface area contributed by atoms with Crippen LogP contribution in [0.4, 0.5) is 0 Å². The van der Waals surface area contributed by atoms with Crippen molar-refractivity contribution in [3.63, 3.8) is 0 Å². The maximum atomic E-state index is 4.64. The Labute approximate surface area is 141 Å². The van der Waals surface area contributed by atoms with Crippen molar-refractivity contribution in [2.45, 2.75) is 32.4 Å². The summed E-state index contributed by atoms with van der Waals surface area (Å²) in [6.45, 7) is 3.92. The predicted octanol–water partition coefficient (Wildman–Crippen LogP) is 3.51. The minimum atomic E-state index is 0.366. The molecule has 1 aliphatic heterocycles. The molecule has 1 aromatic carbocycles. The van der Waals surface area contributed by atoms with Gasteiger partial charge in [0.25, 0.3) is 0 Å². The first kappa shape index (κ1) is 15.0. The highest BCUT2D eigenvalue weighted by atomic mass is 15.2. The van der Waals surface area contributed by atoms with Crippen LogP contribution >= 0.6 is 0 Å². The highest BCUT2D eigenvalue weighted by Crippen LogP contribution is 2.33. The Hall–Kier alpha value is -2.53. The van der Waals surface area contributed by atoms with Crippen LogP contribution in [0.3, 0.4) is 0 Å². The third kappa shape index (κ3) is 2.95. The van der Waals surface area contributed by atoms with Crippen LogP contribution in [0.1, 0.15) is 36.0 Å². The summed E-state index contributed by atoms with van der Waals surface area (Å²) in [5, 5.41) is 7.43. The van der Waals surface area contributed by atoms with Crippen LogP contribution in [0.25, 0.3) is 11.3 Å². The number of hydrogen-bond acceptors (Lipinski definition) is 4. The third-order valence-corrected chi connectivity index (χ3v) is 4.66. The van der Waals surface area contributed by atoms with Gasteiger partial charge < -0.3 is 0 Å². The number of aryl methyl sites for hydroxylation is 1. The maximum Gasteiger partial charge on any atom is 0.125 e. The Morgan fingerprint density at radius 1 is 1.21 bits per heavy atom. The lowest BCUT2D eigenvalue weighted by molar-refractivity contribution is 0.244. The lowest BCUT2D eigenvalue weighted by atomic mass is 10.1. The molecule has 122 valence electrons. The Morgan fingerprint density at radius 2 is 2.08 bits per heavy atom. The van der Waals surface area contributed by atoms with Gasteiger partial charge in [0.05, 0.1) is 23.6 Å². The summed E-state index contributed by atoms with van der Waals surface area (Å²) < 4.78 is 0. The Morgan fingerprint density at radius 3 is 2.92 bits per heavy atom. The van der Waals surface area contributed by atoms with Crippen molar-refractivity contribution in [3.8, 4) is 11.3 Å². The van der Waals surface area contributed by atoms with E-state index in [0.717, 1.165) is 36.7 Å². The molecule has 0 radical (unpaired) electrons. The summed E-state index contributed by atoms with van der Waals surface area (Å²) in [4.78, 5) is 11.4. The number of nitrogens with one attached hydrogen (secondary N) is 1. The van der Waals surface area contributed by atoms with Gasteiger partial charge in [-0.2, -0.15) is 5.10 Å². The molecule has 1 aliphatic rings. The number of benzene rings is 1. The molecule has 5 heteroatoms. The van der Waals surface area contributed by atoms with Crippen LogP contribution in [-0.2, 0) is 6.54 Å². The number of aromatic amines is 1. The van der Waals surface area contributed by atoms with E-state index in [1.165, 1.54) is 17.5 Å². The first-order valence-electron chi connectivity index (χ1n) is 8.42. The van der Waals surface area contributed by atoms with Crippen molar-refractivity contribution in [2.24, 2.45) is 0 Å². The predicted molar refractivity (Wildman–Crippen MR) is 93.2 cm³/mol. The van der Waals surface area contributed by atoms with E-state index in [1.54, 1.807) is 0 Å². The molecule has 1 atom stereocenters. The van der Waals surface area contributed by atoms with Crippen LogP contribution in [0.15, 0.2) is 48.8 Å². The summed E-state index contributed by atoms with van der Waals surface area (Å²) in [5.74, 6) is 0.840. The molecule has 3 aromatic rings. The fourth-order valence-electron chi connectivity index (χ4n) is 3.51. The SMILES string of the molecule is Cc1nccc([C@H]2CCCN2Cc2cn[nH]c2-c2ccccc2)n1. The van der Waals surface area contributed by atoms with Gasteiger partial charge >= 0.3 is 0 Å². The lowest BCUT2D eigenvalue weighted by Gasteiger charge is -2.24. The Bertz CT molecular complexity index is 811. The van der Waals surface area contributed by atoms with Gasteiger partial charge in [-0.05, 0) is 37.9 Å². The zero-order chi connectivity index (χ0) is 16.4. The molecule has 4 rings (SSSR count). The fraction of sp³-hybridized carbons (Fsp3) is 0.316. The molecular weight excluding hydrogens is 298 g/mol. The second-order valence-corrected chi connectivity index (χ2v) is 6.29. The van der Waals surface area contributed by atoms with E-state index in [9.17, 15) is 0 Å².